The molecule has 2 aliphatic rings. The zero-order chi connectivity index (χ0) is 22.0. The summed E-state index contributed by atoms with van der Waals surface area (Å²) >= 11 is 0. The van der Waals surface area contributed by atoms with Crippen LogP contribution in [-0.2, 0) is 6.42 Å². The van der Waals surface area contributed by atoms with Crippen LogP contribution in [0.25, 0.3) is 10.8 Å². The van der Waals surface area contributed by atoms with E-state index in [0.29, 0.717) is 11.8 Å². The summed E-state index contributed by atoms with van der Waals surface area (Å²) in [4.78, 5) is 0. The van der Waals surface area contributed by atoms with Crippen molar-refractivity contribution in [2.24, 2.45) is 5.92 Å². The Bertz CT molecular complexity index is 1290. The van der Waals surface area contributed by atoms with Gasteiger partial charge in [0.1, 0.15) is 5.75 Å². The van der Waals surface area contributed by atoms with Crippen molar-refractivity contribution in [1.29, 1.82) is 0 Å². The largest absolute Gasteiger partial charge is 0.491 e. The summed E-state index contributed by atoms with van der Waals surface area (Å²) in [5.41, 5.74) is 5.26. The summed E-state index contributed by atoms with van der Waals surface area (Å²) in [6.07, 6.45) is 7.91. The Morgan fingerprint density at radius 3 is 2.58 bits per heavy atom. The van der Waals surface area contributed by atoms with E-state index in [1.54, 1.807) is 0 Å². The maximum Gasteiger partial charge on any atom is 0.142 e. The summed E-state index contributed by atoms with van der Waals surface area (Å²) < 4.78 is 6.34. The third kappa shape index (κ3) is 3.91. The second-order valence-corrected chi connectivity index (χ2v) is 9.24. The Balaban J connectivity index is 1.26. The van der Waals surface area contributed by atoms with Crippen LogP contribution >= 0.6 is 0 Å². The first kappa shape index (κ1) is 20.1. The van der Waals surface area contributed by atoms with Gasteiger partial charge >= 0.3 is 0 Å². The fourth-order valence-corrected chi connectivity index (χ4v) is 5.55. The van der Waals surface area contributed by atoms with Crippen molar-refractivity contribution in [1.82, 2.24) is 0 Å². The van der Waals surface area contributed by atoms with Crippen LogP contribution in [0.5, 0.6) is 5.75 Å². The van der Waals surface area contributed by atoms with Crippen LogP contribution in [0.1, 0.15) is 41.5 Å². The first-order valence-electron chi connectivity index (χ1n) is 12.1. The molecule has 3 unspecified atom stereocenters. The van der Waals surface area contributed by atoms with Gasteiger partial charge in [0, 0.05) is 5.92 Å². The number of benzene rings is 4. The van der Waals surface area contributed by atoms with E-state index >= 15 is 0 Å². The average Bonchev–Trinajstić information content (AvgIpc) is 3.37. The van der Waals surface area contributed by atoms with Gasteiger partial charge in [0.15, 0.2) is 0 Å². The Hall–Kier alpha value is -3.52. The SMILES string of the molecule is C1=CC2c3cccc(OCCCc4ccccc4)c3NC(c3ccc4ccccc4c3)C2C1. The molecule has 1 aliphatic heterocycles. The first-order valence-corrected chi connectivity index (χ1v) is 12.1. The molecule has 0 amide bonds. The van der Waals surface area contributed by atoms with Gasteiger partial charge in [-0.25, -0.2) is 0 Å². The smallest absolute Gasteiger partial charge is 0.142 e. The molecule has 0 spiro atoms. The van der Waals surface area contributed by atoms with Gasteiger partial charge in [0.05, 0.1) is 18.3 Å². The van der Waals surface area contributed by atoms with E-state index in [2.05, 4.69) is 108 Å². The number of aryl methyl sites for hydroxylation is 1. The fourth-order valence-electron chi connectivity index (χ4n) is 5.55. The van der Waals surface area contributed by atoms with E-state index < -0.39 is 0 Å². The van der Waals surface area contributed by atoms with Crippen LogP contribution in [-0.4, -0.2) is 6.61 Å². The monoisotopic (exact) mass is 431 g/mol. The van der Waals surface area contributed by atoms with E-state index in [1.807, 2.05) is 0 Å². The van der Waals surface area contributed by atoms with Gasteiger partial charge in [-0.1, -0.05) is 91.0 Å². The molecule has 0 aromatic heterocycles. The fraction of sp³-hybridized carbons (Fsp3) is 0.226. The normalized spacial score (nSPS) is 20.8. The summed E-state index contributed by atoms with van der Waals surface area (Å²) in [6.45, 7) is 0.720. The molecule has 0 saturated carbocycles. The van der Waals surface area contributed by atoms with Crippen LogP contribution in [0, 0.1) is 5.92 Å². The maximum absolute atomic E-state index is 6.34. The number of allylic oxidation sites excluding steroid dienone is 2. The van der Waals surface area contributed by atoms with Gasteiger partial charge in [-0.05, 0) is 64.8 Å². The molecule has 33 heavy (non-hydrogen) atoms. The molecule has 164 valence electrons. The highest BCUT2D eigenvalue weighted by atomic mass is 16.5. The second-order valence-electron chi connectivity index (χ2n) is 9.24. The van der Waals surface area contributed by atoms with Crippen LogP contribution in [0.4, 0.5) is 5.69 Å². The Morgan fingerprint density at radius 2 is 1.67 bits per heavy atom. The summed E-state index contributed by atoms with van der Waals surface area (Å²) in [5, 5.41) is 6.51. The Morgan fingerprint density at radius 1 is 0.818 bits per heavy atom. The summed E-state index contributed by atoms with van der Waals surface area (Å²) in [7, 11) is 0. The Labute approximate surface area is 195 Å². The van der Waals surface area contributed by atoms with Crippen molar-refractivity contribution < 1.29 is 4.74 Å². The quantitative estimate of drug-likeness (QED) is 0.250. The Kier molecular flexibility index (Phi) is 5.35. The molecule has 0 saturated heterocycles. The highest BCUT2D eigenvalue weighted by Gasteiger charge is 2.39. The predicted octanol–water partition coefficient (Wildman–Crippen LogP) is 7.68. The highest BCUT2D eigenvalue weighted by molar-refractivity contribution is 5.83. The van der Waals surface area contributed by atoms with E-state index in [4.69, 9.17) is 4.74 Å². The summed E-state index contributed by atoms with van der Waals surface area (Å²) in [5.74, 6) is 1.95. The van der Waals surface area contributed by atoms with Crippen molar-refractivity contribution in [3.8, 4) is 5.75 Å². The molecule has 6 rings (SSSR count). The molecule has 3 atom stereocenters. The van der Waals surface area contributed by atoms with E-state index in [1.165, 1.54) is 33.2 Å². The lowest BCUT2D eigenvalue weighted by molar-refractivity contribution is 0.309. The molecule has 2 nitrogen and oxygen atoms in total. The minimum atomic E-state index is 0.274. The zero-order valence-corrected chi connectivity index (χ0v) is 18.8. The molecule has 4 aromatic carbocycles. The van der Waals surface area contributed by atoms with E-state index in [9.17, 15) is 0 Å². The van der Waals surface area contributed by atoms with Crippen LogP contribution in [0.3, 0.4) is 0 Å². The molecule has 1 aliphatic carbocycles. The molecular formula is C31H29NO. The topological polar surface area (TPSA) is 21.3 Å². The number of hydrogen-bond donors (Lipinski definition) is 1. The number of nitrogens with one attached hydrogen (secondary N) is 1. The van der Waals surface area contributed by atoms with Crippen molar-refractivity contribution in [3.05, 3.63) is 120 Å². The molecule has 0 fully saturated rings. The third-order valence-electron chi connectivity index (χ3n) is 7.20. The third-order valence-corrected chi connectivity index (χ3v) is 7.20. The lowest BCUT2D eigenvalue weighted by atomic mass is 9.76. The average molecular weight is 432 g/mol. The number of rotatable bonds is 6. The lowest BCUT2D eigenvalue weighted by Gasteiger charge is -2.38. The van der Waals surface area contributed by atoms with E-state index in [0.717, 1.165) is 31.6 Å². The molecule has 4 aromatic rings. The van der Waals surface area contributed by atoms with Gasteiger partial charge in [-0.15, -0.1) is 0 Å². The number of para-hydroxylation sites is 1. The van der Waals surface area contributed by atoms with Crippen molar-refractivity contribution >= 4 is 16.5 Å². The summed E-state index contributed by atoms with van der Waals surface area (Å²) in [6, 6.07) is 33.0. The van der Waals surface area contributed by atoms with Gasteiger partial charge in [0.2, 0.25) is 0 Å². The molecule has 0 bridgehead atoms. The van der Waals surface area contributed by atoms with E-state index in [-0.39, 0.29) is 6.04 Å². The number of fused-ring (bicyclic) bond motifs is 4. The zero-order valence-electron chi connectivity index (χ0n) is 18.8. The van der Waals surface area contributed by atoms with Crippen molar-refractivity contribution in [3.63, 3.8) is 0 Å². The standard InChI is InChI=1S/C31H29NO/c1-2-9-22(10-3-1)11-8-20-33-29-17-7-16-28-26-14-6-15-27(26)30(32-31(28)29)25-19-18-23-12-4-5-13-24(23)21-25/h1-7,9-10,12-14,16-19,21,26-27,30,32H,8,11,15,20H2. The molecular weight excluding hydrogens is 402 g/mol. The minimum absolute atomic E-state index is 0.274. The van der Waals surface area contributed by atoms with Gasteiger partial charge < -0.3 is 10.1 Å². The van der Waals surface area contributed by atoms with Gasteiger partial charge in [0.25, 0.3) is 0 Å². The number of anilines is 1. The highest BCUT2D eigenvalue weighted by Crippen LogP contribution is 2.52. The van der Waals surface area contributed by atoms with Crippen LogP contribution in [0.15, 0.2) is 103 Å². The lowest BCUT2D eigenvalue weighted by Crippen LogP contribution is -2.29. The van der Waals surface area contributed by atoms with Crippen molar-refractivity contribution in [2.45, 2.75) is 31.2 Å². The van der Waals surface area contributed by atoms with Crippen molar-refractivity contribution in [2.75, 3.05) is 11.9 Å². The number of ether oxygens (including phenoxy) is 1. The minimum Gasteiger partial charge on any atom is -0.491 e. The second kappa shape index (κ2) is 8.78. The van der Waals surface area contributed by atoms with Crippen LogP contribution in [0.2, 0.25) is 0 Å². The molecule has 2 heteroatoms. The number of hydrogen-bond acceptors (Lipinski definition) is 2. The van der Waals surface area contributed by atoms with Gasteiger partial charge in [-0.2, -0.15) is 0 Å². The molecule has 1 heterocycles. The van der Waals surface area contributed by atoms with Crippen LogP contribution < -0.4 is 10.1 Å². The first-order chi connectivity index (χ1) is 16.4. The maximum atomic E-state index is 6.34. The predicted molar refractivity (Wildman–Crippen MR) is 137 cm³/mol. The molecule has 0 radical (unpaired) electrons. The van der Waals surface area contributed by atoms with Gasteiger partial charge in [-0.3, -0.25) is 0 Å². The molecule has 1 N–H and O–H groups in total.